The predicted octanol–water partition coefficient (Wildman–Crippen LogP) is 12.0. The maximum absolute atomic E-state index is 12.3. The molecule has 0 saturated carbocycles. The SMILES string of the molecule is CCCCCCC/C=C\CCCCCCCC(=O)OCCCCCC/C=C\CCCC(=O)NC(CO)C(O)CCCCCCCCCCCC. The molecule has 0 aliphatic carbocycles. The number of esters is 1. The van der Waals surface area contributed by atoms with Gasteiger partial charge in [-0.15, -0.1) is 0 Å². The number of carbonyl (C=O) groups is 2. The first-order valence-corrected chi connectivity index (χ1v) is 21.6. The summed E-state index contributed by atoms with van der Waals surface area (Å²) in [4.78, 5) is 24.3. The van der Waals surface area contributed by atoms with E-state index in [0.29, 0.717) is 25.9 Å². The third kappa shape index (κ3) is 36.1. The number of carbonyl (C=O) groups excluding carboxylic acids is 2. The van der Waals surface area contributed by atoms with Crippen molar-refractivity contribution in [2.45, 2.75) is 231 Å². The van der Waals surface area contributed by atoms with Gasteiger partial charge in [0.1, 0.15) is 0 Å². The van der Waals surface area contributed by atoms with Crippen molar-refractivity contribution in [3.05, 3.63) is 24.3 Å². The fraction of sp³-hybridized carbons (Fsp3) is 0.864. The molecule has 1 amide bonds. The highest BCUT2D eigenvalue weighted by Crippen LogP contribution is 2.14. The Labute approximate surface area is 310 Å². The van der Waals surface area contributed by atoms with E-state index < -0.39 is 12.1 Å². The van der Waals surface area contributed by atoms with E-state index in [2.05, 4.69) is 43.5 Å². The molecular formula is C44H83NO5. The molecule has 0 radical (unpaired) electrons. The van der Waals surface area contributed by atoms with Crippen LogP contribution in [0.3, 0.4) is 0 Å². The molecule has 0 heterocycles. The summed E-state index contributed by atoms with van der Waals surface area (Å²) >= 11 is 0. The predicted molar refractivity (Wildman–Crippen MR) is 213 cm³/mol. The summed E-state index contributed by atoms with van der Waals surface area (Å²) in [7, 11) is 0. The fourth-order valence-corrected chi connectivity index (χ4v) is 6.34. The maximum atomic E-state index is 12.3. The van der Waals surface area contributed by atoms with Crippen LogP contribution in [-0.2, 0) is 14.3 Å². The van der Waals surface area contributed by atoms with E-state index in [0.717, 1.165) is 70.6 Å². The van der Waals surface area contributed by atoms with E-state index in [9.17, 15) is 19.8 Å². The van der Waals surface area contributed by atoms with Crippen molar-refractivity contribution in [2.24, 2.45) is 0 Å². The molecule has 2 unspecified atom stereocenters. The molecule has 6 heteroatoms. The van der Waals surface area contributed by atoms with Crippen molar-refractivity contribution in [3.63, 3.8) is 0 Å². The largest absolute Gasteiger partial charge is 0.466 e. The lowest BCUT2D eigenvalue weighted by Crippen LogP contribution is -2.45. The van der Waals surface area contributed by atoms with Crippen molar-refractivity contribution < 1.29 is 24.5 Å². The zero-order valence-corrected chi connectivity index (χ0v) is 33.1. The van der Waals surface area contributed by atoms with E-state index >= 15 is 0 Å². The highest BCUT2D eigenvalue weighted by Gasteiger charge is 2.19. The summed E-state index contributed by atoms with van der Waals surface area (Å²) in [6.07, 6.45) is 44.2. The van der Waals surface area contributed by atoms with Crippen LogP contribution in [0.1, 0.15) is 219 Å². The number of rotatable bonds is 39. The van der Waals surface area contributed by atoms with Gasteiger partial charge in [0.2, 0.25) is 5.91 Å². The number of ether oxygens (including phenoxy) is 1. The van der Waals surface area contributed by atoms with E-state index in [4.69, 9.17) is 4.74 Å². The molecule has 0 saturated heterocycles. The molecule has 0 aliphatic rings. The summed E-state index contributed by atoms with van der Waals surface area (Å²) < 4.78 is 5.41. The third-order valence-electron chi connectivity index (χ3n) is 9.72. The minimum Gasteiger partial charge on any atom is -0.466 e. The molecule has 0 bridgehead atoms. The molecule has 2 atom stereocenters. The zero-order chi connectivity index (χ0) is 36.6. The van der Waals surface area contributed by atoms with Gasteiger partial charge >= 0.3 is 5.97 Å². The van der Waals surface area contributed by atoms with E-state index in [-0.39, 0.29) is 18.5 Å². The molecule has 294 valence electrons. The Morgan fingerprint density at radius 2 is 0.960 bits per heavy atom. The van der Waals surface area contributed by atoms with Gasteiger partial charge in [-0.25, -0.2) is 0 Å². The first-order chi connectivity index (χ1) is 24.5. The Morgan fingerprint density at radius 3 is 1.46 bits per heavy atom. The number of hydrogen-bond donors (Lipinski definition) is 3. The Balaban J connectivity index is 3.56. The lowest BCUT2D eigenvalue weighted by molar-refractivity contribution is -0.143. The molecule has 0 aliphatic heterocycles. The molecule has 6 nitrogen and oxygen atoms in total. The summed E-state index contributed by atoms with van der Waals surface area (Å²) in [5, 5.41) is 23.0. The van der Waals surface area contributed by atoms with Crippen LogP contribution in [0.15, 0.2) is 24.3 Å². The van der Waals surface area contributed by atoms with Crippen LogP contribution in [0.2, 0.25) is 0 Å². The Hall–Kier alpha value is -1.66. The van der Waals surface area contributed by atoms with E-state index in [1.54, 1.807) is 0 Å². The molecule has 0 rings (SSSR count). The lowest BCUT2D eigenvalue weighted by atomic mass is 10.0. The van der Waals surface area contributed by atoms with Gasteiger partial charge in [0.05, 0.1) is 25.4 Å². The van der Waals surface area contributed by atoms with Gasteiger partial charge in [-0.1, -0.05) is 160 Å². The molecule has 0 spiro atoms. The van der Waals surface area contributed by atoms with Gasteiger partial charge in [0, 0.05) is 12.8 Å². The molecule has 0 fully saturated rings. The molecule has 0 aromatic heterocycles. The summed E-state index contributed by atoms with van der Waals surface area (Å²) in [6, 6.07) is -0.577. The van der Waals surface area contributed by atoms with Gasteiger partial charge in [-0.3, -0.25) is 9.59 Å². The van der Waals surface area contributed by atoms with Gasteiger partial charge in [0.25, 0.3) is 0 Å². The molecule has 0 aromatic rings. The van der Waals surface area contributed by atoms with Crippen molar-refractivity contribution in [3.8, 4) is 0 Å². The average Bonchev–Trinajstić information content (AvgIpc) is 3.11. The van der Waals surface area contributed by atoms with Crippen LogP contribution in [-0.4, -0.2) is 47.4 Å². The smallest absolute Gasteiger partial charge is 0.305 e. The number of allylic oxidation sites excluding steroid dienone is 4. The van der Waals surface area contributed by atoms with Crippen LogP contribution >= 0.6 is 0 Å². The highest BCUT2D eigenvalue weighted by atomic mass is 16.5. The topological polar surface area (TPSA) is 95.9 Å². The van der Waals surface area contributed by atoms with Crippen LogP contribution in [0, 0.1) is 0 Å². The number of aliphatic hydroxyl groups is 2. The first-order valence-electron chi connectivity index (χ1n) is 21.6. The number of unbranched alkanes of at least 4 members (excludes halogenated alkanes) is 24. The van der Waals surface area contributed by atoms with Gasteiger partial charge in [-0.05, 0) is 70.6 Å². The fourth-order valence-electron chi connectivity index (χ4n) is 6.34. The van der Waals surface area contributed by atoms with Crippen LogP contribution in [0.5, 0.6) is 0 Å². The van der Waals surface area contributed by atoms with Crippen LogP contribution in [0.4, 0.5) is 0 Å². The van der Waals surface area contributed by atoms with E-state index in [1.165, 1.54) is 116 Å². The van der Waals surface area contributed by atoms with Crippen molar-refractivity contribution in [1.29, 1.82) is 0 Å². The first kappa shape index (κ1) is 48.3. The number of amides is 1. The van der Waals surface area contributed by atoms with Crippen molar-refractivity contribution in [1.82, 2.24) is 5.32 Å². The van der Waals surface area contributed by atoms with Crippen molar-refractivity contribution in [2.75, 3.05) is 13.2 Å². The summed E-state index contributed by atoms with van der Waals surface area (Å²) in [6.45, 7) is 4.81. The normalized spacial score (nSPS) is 13.0. The zero-order valence-electron chi connectivity index (χ0n) is 33.1. The number of hydrogen-bond acceptors (Lipinski definition) is 5. The molecule has 50 heavy (non-hydrogen) atoms. The van der Waals surface area contributed by atoms with Gasteiger partial charge in [0.15, 0.2) is 0 Å². The van der Waals surface area contributed by atoms with Crippen LogP contribution in [0.25, 0.3) is 0 Å². The number of aliphatic hydroxyl groups excluding tert-OH is 2. The molecule has 3 N–H and O–H groups in total. The average molecular weight is 706 g/mol. The quantitative estimate of drug-likeness (QED) is 0.0336. The Morgan fingerprint density at radius 1 is 0.540 bits per heavy atom. The second kappa shape index (κ2) is 40.1. The molecule has 0 aromatic carbocycles. The minimum atomic E-state index is -0.693. The van der Waals surface area contributed by atoms with Gasteiger partial charge < -0.3 is 20.3 Å². The van der Waals surface area contributed by atoms with Gasteiger partial charge in [-0.2, -0.15) is 0 Å². The van der Waals surface area contributed by atoms with Crippen molar-refractivity contribution >= 4 is 11.9 Å². The summed E-state index contributed by atoms with van der Waals surface area (Å²) in [5.74, 6) is -0.145. The second-order valence-electron chi connectivity index (χ2n) is 14.7. The minimum absolute atomic E-state index is 0.0455. The summed E-state index contributed by atoms with van der Waals surface area (Å²) in [5.41, 5.74) is 0. The standard InChI is InChI=1S/C44H83NO5/c1-3-5-7-9-11-13-15-16-17-18-22-26-30-34-38-44(49)50-39-35-31-27-23-19-21-25-29-33-37-43(48)45-41(40-46)42(47)36-32-28-24-20-14-12-10-8-6-4-2/h15-16,21,25,41-42,46-47H,3-14,17-20,22-24,26-40H2,1-2H3,(H,45,48)/b16-15-,25-21-. The maximum Gasteiger partial charge on any atom is 0.305 e. The Kier molecular flexibility index (Phi) is 38.8. The van der Waals surface area contributed by atoms with E-state index in [1.807, 2.05) is 0 Å². The second-order valence-corrected chi connectivity index (χ2v) is 14.7. The Bertz CT molecular complexity index is 782. The molecular weight excluding hydrogens is 622 g/mol. The third-order valence-corrected chi connectivity index (χ3v) is 9.72. The lowest BCUT2D eigenvalue weighted by Gasteiger charge is -2.22. The monoisotopic (exact) mass is 706 g/mol. The highest BCUT2D eigenvalue weighted by molar-refractivity contribution is 5.76. The van der Waals surface area contributed by atoms with Crippen LogP contribution < -0.4 is 5.32 Å². The number of nitrogens with one attached hydrogen (secondary N) is 1.